The topological polar surface area (TPSA) is 68.9 Å². The van der Waals surface area contributed by atoms with Gasteiger partial charge in [0.15, 0.2) is 0 Å². The Morgan fingerprint density at radius 2 is 1.88 bits per heavy atom. The number of pyridine rings is 1. The summed E-state index contributed by atoms with van der Waals surface area (Å²) in [7, 11) is 0. The molecule has 6 heteroatoms. The first kappa shape index (κ1) is 17.7. The maximum Gasteiger partial charge on any atom is 0.253 e. The van der Waals surface area contributed by atoms with Crippen LogP contribution in [0.1, 0.15) is 29.9 Å². The van der Waals surface area contributed by atoms with Crippen LogP contribution in [0.15, 0.2) is 59.8 Å². The van der Waals surface area contributed by atoms with E-state index >= 15 is 0 Å². The van der Waals surface area contributed by atoms with Crippen LogP contribution in [0, 0.1) is 13.8 Å². The second-order valence-corrected chi connectivity index (χ2v) is 6.35. The fourth-order valence-corrected chi connectivity index (χ4v) is 2.88. The van der Waals surface area contributed by atoms with Crippen LogP contribution >= 0.6 is 0 Å². The molecule has 1 atom stereocenters. The molecular formula is C20H22N4O2. The molecule has 0 saturated heterocycles. The number of nitrogens with one attached hydrogen (secondary N) is 1. The Morgan fingerprint density at radius 1 is 1.15 bits per heavy atom. The minimum atomic E-state index is -0.195. The summed E-state index contributed by atoms with van der Waals surface area (Å²) in [5, 5.41) is 2.94. The zero-order valence-electron chi connectivity index (χ0n) is 15.1. The first-order chi connectivity index (χ1) is 12.5. The van der Waals surface area contributed by atoms with Gasteiger partial charge in [-0.2, -0.15) is 0 Å². The number of carbonyl (C=O) groups is 1. The van der Waals surface area contributed by atoms with Crippen LogP contribution in [0.3, 0.4) is 0 Å². The van der Waals surface area contributed by atoms with Crippen molar-refractivity contribution >= 4 is 5.91 Å². The third-order valence-electron chi connectivity index (χ3n) is 4.40. The highest BCUT2D eigenvalue weighted by Crippen LogP contribution is 2.16. The number of nitrogens with zero attached hydrogens (tertiary/aromatic N) is 3. The van der Waals surface area contributed by atoms with Gasteiger partial charge >= 0.3 is 0 Å². The number of hydrogen-bond acceptors (Lipinski definition) is 3. The molecule has 1 N–H and O–H groups in total. The lowest BCUT2D eigenvalue weighted by Crippen LogP contribution is -2.34. The largest absolute Gasteiger partial charge is 0.348 e. The molecule has 1 unspecified atom stereocenters. The van der Waals surface area contributed by atoms with Crippen molar-refractivity contribution in [3.63, 3.8) is 0 Å². The number of rotatable bonds is 5. The van der Waals surface area contributed by atoms with Gasteiger partial charge in [0, 0.05) is 29.8 Å². The molecule has 2 heterocycles. The van der Waals surface area contributed by atoms with Gasteiger partial charge in [-0.1, -0.05) is 18.2 Å². The van der Waals surface area contributed by atoms with Crippen LogP contribution in [-0.2, 0) is 11.3 Å². The van der Waals surface area contributed by atoms with E-state index < -0.39 is 0 Å². The number of imidazole rings is 1. The lowest BCUT2D eigenvalue weighted by molar-refractivity contribution is -0.122. The second kappa shape index (κ2) is 7.39. The molecule has 134 valence electrons. The number of carbonyl (C=O) groups excluding carboxylic acids is 1. The van der Waals surface area contributed by atoms with Gasteiger partial charge in [0.1, 0.15) is 12.4 Å². The summed E-state index contributed by atoms with van der Waals surface area (Å²) in [5.74, 6) is 0.724. The summed E-state index contributed by atoms with van der Waals surface area (Å²) in [6.07, 6.45) is 5.30. The molecule has 26 heavy (non-hydrogen) atoms. The normalized spacial score (nSPS) is 12.0. The standard InChI is InChI=1S/C20H22N4O2/c1-14-5-4-11-23(20(14)26)13-19(25)22-15(2)17-6-8-18(9-7-17)24-12-10-21-16(24)3/h4-12,15H,13H2,1-3H3,(H,22,25). The van der Waals surface area contributed by atoms with E-state index in [0.29, 0.717) is 5.56 Å². The van der Waals surface area contributed by atoms with Crippen LogP contribution in [-0.4, -0.2) is 20.0 Å². The maximum atomic E-state index is 12.3. The van der Waals surface area contributed by atoms with Gasteiger partial charge in [0.25, 0.3) is 5.56 Å². The summed E-state index contributed by atoms with van der Waals surface area (Å²) in [6.45, 7) is 5.62. The highest BCUT2D eigenvalue weighted by Gasteiger charge is 2.11. The predicted octanol–water partition coefficient (Wildman–Crippen LogP) is 2.53. The zero-order valence-corrected chi connectivity index (χ0v) is 15.1. The van der Waals surface area contributed by atoms with Crippen molar-refractivity contribution in [1.29, 1.82) is 0 Å². The van der Waals surface area contributed by atoms with E-state index in [9.17, 15) is 9.59 Å². The molecule has 6 nitrogen and oxygen atoms in total. The van der Waals surface area contributed by atoms with Crippen molar-refractivity contribution in [3.8, 4) is 5.69 Å². The van der Waals surface area contributed by atoms with Gasteiger partial charge < -0.3 is 14.5 Å². The molecule has 1 aromatic carbocycles. The summed E-state index contributed by atoms with van der Waals surface area (Å²) in [4.78, 5) is 28.5. The van der Waals surface area contributed by atoms with Crippen LogP contribution in [0.2, 0.25) is 0 Å². The number of benzene rings is 1. The van der Waals surface area contributed by atoms with Gasteiger partial charge in [-0.15, -0.1) is 0 Å². The maximum absolute atomic E-state index is 12.3. The van der Waals surface area contributed by atoms with Crippen molar-refractivity contribution in [2.75, 3.05) is 0 Å². The Bertz CT molecular complexity index is 970. The first-order valence-electron chi connectivity index (χ1n) is 8.51. The molecule has 0 aliphatic rings. The highest BCUT2D eigenvalue weighted by molar-refractivity contribution is 5.76. The quantitative estimate of drug-likeness (QED) is 0.769. The van der Waals surface area contributed by atoms with Gasteiger partial charge in [0.2, 0.25) is 5.91 Å². The number of aromatic nitrogens is 3. The number of amides is 1. The Labute approximate surface area is 152 Å². The molecule has 2 aromatic heterocycles. The molecule has 0 radical (unpaired) electrons. The van der Waals surface area contributed by atoms with E-state index in [2.05, 4.69) is 10.3 Å². The first-order valence-corrected chi connectivity index (χ1v) is 8.51. The molecule has 0 saturated carbocycles. The van der Waals surface area contributed by atoms with E-state index in [-0.39, 0.29) is 24.1 Å². The van der Waals surface area contributed by atoms with Gasteiger partial charge in [-0.05, 0) is 44.5 Å². The zero-order chi connectivity index (χ0) is 18.7. The lowest BCUT2D eigenvalue weighted by Gasteiger charge is -2.16. The monoisotopic (exact) mass is 350 g/mol. The van der Waals surface area contributed by atoms with Gasteiger partial charge in [-0.3, -0.25) is 9.59 Å². The van der Waals surface area contributed by atoms with Crippen molar-refractivity contribution in [3.05, 3.63) is 82.3 Å². The molecule has 0 aliphatic heterocycles. The Kier molecular flexibility index (Phi) is 5.02. The Balaban J connectivity index is 1.67. The number of hydrogen-bond donors (Lipinski definition) is 1. The molecule has 0 spiro atoms. The van der Waals surface area contributed by atoms with Gasteiger partial charge in [0.05, 0.1) is 6.04 Å². The molecule has 3 rings (SSSR count). The third kappa shape index (κ3) is 3.74. The minimum absolute atomic E-state index is 0.0111. The predicted molar refractivity (Wildman–Crippen MR) is 100 cm³/mol. The average Bonchev–Trinajstić information content (AvgIpc) is 3.05. The van der Waals surface area contributed by atoms with Crippen molar-refractivity contribution in [2.24, 2.45) is 0 Å². The molecule has 0 bridgehead atoms. The van der Waals surface area contributed by atoms with Crippen LogP contribution in [0.4, 0.5) is 0 Å². The van der Waals surface area contributed by atoms with E-state index in [1.807, 2.05) is 48.9 Å². The molecule has 1 amide bonds. The summed E-state index contributed by atoms with van der Waals surface area (Å²) >= 11 is 0. The van der Waals surface area contributed by atoms with Crippen LogP contribution in [0.25, 0.3) is 5.69 Å². The minimum Gasteiger partial charge on any atom is -0.348 e. The van der Waals surface area contributed by atoms with E-state index in [0.717, 1.165) is 17.1 Å². The van der Waals surface area contributed by atoms with Crippen molar-refractivity contribution in [1.82, 2.24) is 19.4 Å². The Hall–Kier alpha value is -3.15. The van der Waals surface area contributed by atoms with E-state index in [1.54, 1.807) is 31.5 Å². The summed E-state index contributed by atoms with van der Waals surface area (Å²) < 4.78 is 3.42. The number of aryl methyl sites for hydroxylation is 2. The van der Waals surface area contributed by atoms with Gasteiger partial charge in [-0.25, -0.2) is 4.98 Å². The SMILES string of the molecule is Cc1cccn(CC(=O)NC(C)c2ccc(-n3ccnc3C)cc2)c1=O. The Morgan fingerprint density at radius 3 is 2.54 bits per heavy atom. The van der Waals surface area contributed by atoms with Crippen molar-refractivity contribution in [2.45, 2.75) is 33.4 Å². The molecular weight excluding hydrogens is 328 g/mol. The molecule has 0 aliphatic carbocycles. The molecule has 3 aromatic rings. The smallest absolute Gasteiger partial charge is 0.253 e. The van der Waals surface area contributed by atoms with E-state index in [4.69, 9.17) is 0 Å². The molecule has 0 fully saturated rings. The lowest BCUT2D eigenvalue weighted by atomic mass is 10.1. The summed E-state index contributed by atoms with van der Waals surface area (Å²) in [6, 6.07) is 11.3. The fourth-order valence-electron chi connectivity index (χ4n) is 2.88. The average molecular weight is 350 g/mol. The third-order valence-corrected chi connectivity index (χ3v) is 4.40. The summed E-state index contributed by atoms with van der Waals surface area (Å²) in [5.41, 5.74) is 2.50. The second-order valence-electron chi connectivity index (χ2n) is 6.35. The van der Waals surface area contributed by atoms with E-state index in [1.165, 1.54) is 4.57 Å². The fraction of sp³-hybridized carbons (Fsp3) is 0.250. The highest BCUT2D eigenvalue weighted by atomic mass is 16.2. The van der Waals surface area contributed by atoms with Crippen LogP contribution in [0.5, 0.6) is 0 Å². The van der Waals surface area contributed by atoms with Crippen molar-refractivity contribution < 1.29 is 4.79 Å². The van der Waals surface area contributed by atoms with Crippen LogP contribution < -0.4 is 10.9 Å².